The lowest BCUT2D eigenvalue weighted by Gasteiger charge is -2.38. The minimum Gasteiger partial charge on any atom is -0.320 e. The molecule has 156 valence electrons. The largest absolute Gasteiger partial charge is 0.320 e. The summed E-state index contributed by atoms with van der Waals surface area (Å²) in [5, 5.41) is 1.94. The molecule has 0 N–H and O–H groups in total. The molecule has 0 heterocycles. The third-order valence-electron chi connectivity index (χ3n) is 4.74. The van der Waals surface area contributed by atoms with Crippen molar-refractivity contribution in [3.63, 3.8) is 0 Å². The van der Waals surface area contributed by atoms with E-state index < -0.39 is 8.32 Å². The minimum absolute atomic E-state index is 0.0372. The van der Waals surface area contributed by atoms with Gasteiger partial charge >= 0.3 is 0 Å². The molecule has 0 fully saturated rings. The summed E-state index contributed by atoms with van der Waals surface area (Å²) in [7, 11) is -0.115. The van der Waals surface area contributed by atoms with Gasteiger partial charge in [-0.3, -0.25) is 9.86 Å². The van der Waals surface area contributed by atoms with E-state index in [0.717, 1.165) is 16.9 Å². The summed E-state index contributed by atoms with van der Waals surface area (Å²) >= 11 is 0. The van der Waals surface area contributed by atoms with E-state index in [4.69, 9.17) is 4.53 Å². The van der Waals surface area contributed by atoms with Crippen LogP contribution in [0, 0.1) is 0 Å². The predicted molar refractivity (Wildman–Crippen MR) is 127 cm³/mol. The highest BCUT2D eigenvalue weighted by Gasteiger charge is 2.30. The Morgan fingerprint density at radius 1 is 0.800 bits per heavy atom. The second-order valence-electron chi connectivity index (χ2n) is 8.28. The monoisotopic (exact) mass is 418 g/mol. The standard InChI is InChI=1S/C25H30N2O2Si/c1-26(22-16-10-6-11-17-22)25(28)20-24(21-14-8-5-9-15-21)27(29-30(2,3)4)23-18-12-7-13-19-23/h5-19,24H,20H2,1-4H3. The highest BCUT2D eigenvalue weighted by molar-refractivity contribution is 6.69. The Balaban J connectivity index is 1.97. The van der Waals surface area contributed by atoms with E-state index in [1.807, 2.05) is 91.0 Å². The maximum Gasteiger partial charge on any atom is 0.229 e. The van der Waals surface area contributed by atoms with Gasteiger partial charge in [-0.05, 0) is 49.5 Å². The van der Waals surface area contributed by atoms with Crippen molar-refractivity contribution in [2.45, 2.75) is 32.1 Å². The van der Waals surface area contributed by atoms with Gasteiger partial charge in [0.1, 0.15) is 0 Å². The smallest absolute Gasteiger partial charge is 0.229 e. The van der Waals surface area contributed by atoms with Crippen LogP contribution in [0.25, 0.3) is 0 Å². The van der Waals surface area contributed by atoms with Gasteiger partial charge in [-0.15, -0.1) is 0 Å². The molecule has 1 atom stereocenters. The van der Waals surface area contributed by atoms with Crippen LogP contribution in [0.15, 0.2) is 91.0 Å². The van der Waals surface area contributed by atoms with Crippen LogP contribution in [-0.2, 0) is 9.32 Å². The van der Waals surface area contributed by atoms with Gasteiger partial charge < -0.3 is 9.43 Å². The third-order valence-corrected chi connectivity index (χ3v) is 5.48. The van der Waals surface area contributed by atoms with E-state index in [1.54, 1.807) is 4.90 Å². The second kappa shape index (κ2) is 9.74. The van der Waals surface area contributed by atoms with Crippen molar-refractivity contribution >= 4 is 25.6 Å². The Morgan fingerprint density at radius 2 is 1.27 bits per heavy atom. The van der Waals surface area contributed by atoms with Crippen LogP contribution >= 0.6 is 0 Å². The summed E-state index contributed by atoms with van der Waals surface area (Å²) in [6, 6.07) is 29.7. The van der Waals surface area contributed by atoms with Crippen molar-refractivity contribution in [2.24, 2.45) is 0 Å². The van der Waals surface area contributed by atoms with E-state index in [2.05, 4.69) is 31.8 Å². The number of para-hydroxylation sites is 2. The number of carbonyl (C=O) groups is 1. The van der Waals surface area contributed by atoms with E-state index in [0.29, 0.717) is 6.42 Å². The summed E-state index contributed by atoms with van der Waals surface area (Å²) in [5.74, 6) is 0.0372. The average molecular weight is 419 g/mol. The fraction of sp³-hybridized carbons (Fsp3) is 0.240. The molecule has 0 bridgehead atoms. The van der Waals surface area contributed by atoms with Crippen LogP contribution in [0.2, 0.25) is 19.6 Å². The summed E-state index contributed by atoms with van der Waals surface area (Å²) in [6.07, 6.45) is 0.300. The zero-order chi connectivity index (χ0) is 21.6. The molecule has 0 aliphatic rings. The Labute approximate surface area is 180 Å². The van der Waals surface area contributed by atoms with Crippen LogP contribution in [0.3, 0.4) is 0 Å². The minimum atomic E-state index is -1.94. The second-order valence-corrected chi connectivity index (χ2v) is 12.7. The molecule has 30 heavy (non-hydrogen) atoms. The lowest BCUT2D eigenvalue weighted by atomic mass is 10.0. The predicted octanol–water partition coefficient (Wildman–Crippen LogP) is 6.05. The van der Waals surface area contributed by atoms with Gasteiger partial charge in [0.25, 0.3) is 0 Å². The maximum atomic E-state index is 13.3. The number of benzene rings is 3. The lowest BCUT2D eigenvalue weighted by molar-refractivity contribution is -0.119. The van der Waals surface area contributed by atoms with Gasteiger partial charge in [0, 0.05) is 12.7 Å². The van der Waals surface area contributed by atoms with Crippen LogP contribution in [-0.4, -0.2) is 21.3 Å². The highest BCUT2D eigenvalue weighted by atomic mass is 28.4. The zero-order valence-electron chi connectivity index (χ0n) is 18.2. The molecule has 0 saturated carbocycles. The first-order valence-corrected chi connectivity index (χ1v) is 13.7. The molecule has 3 aromatic carbocycles. The molecular weight excluding hydrogens is 388 g/mol. The molecule has 0 aromatic heterocycles. The van der Waals surface area contributed by atoms with Gasteiger partial charge in [-0.1, -0.05) is 66.7 Å². The normalized spacial score (nSPS) is 12.3. The Morgan fingerprint density at radius 3 is 1.77 bits per heavy atom. The van der Waals surface area contributed by atoms with Crippen molar-refractivity contribution in [1.29, 1.82) is 0 Å². The van der Waals surface area contributed by atoms with Crippen molar-refractivity contribution in [1.82, 2.24) is 0 Å². The number of hydrogen-bond acceptors (Lipinski definition) is 3. The zero-order valence-corrected chi connectivity index (χ0v) is 19.2. The van der Waals surface area contributed by atoms with Gasteiger partial charge in [-0.2, -0.15) is 0 Å². The van der Waals surface area contributed by atoms with Gasteiger partial charge in [0.2, 0.25) is 14.2 Å². The quantitative estimate of drug-likeness (QED) is 0.329. The van der Waals surface area contributed by atoms with Gasteiger partial charge in [0.15, 0.2) is 0 Å². The van der Waals surface area contributed by atoms with Crippen LogP contribution in [0.4, 0.5) is 11.4 Å². The fourth-order valence-electron chi connectivity index (χ4n) is 3.28. The number of amides is 1. The number of rotatable bonds is 8. The number of nitrogens with zero attached hydrogens (tertiary/aromatic N) is 2. The molecule has 0 radical (unpaired) electrons. The van der Waals surface area contributed by atoms with E-state index in [9.17, 15) is 4.79 Å². The number of hydroxylamine groups is 1. The number of hydrogen-bond donors (Lipinski definition) is 0. The van der Waals surface area contributed by atoms with E-state index in [1.165, 1.54) is 0 Å². The average Bonchev–Trinajstić information content (AvgIpc) is 2.76. The van der Waals surface area contributed by atoms with Crippen LogP contribution in [0.1, 0.15) is 18.0 Å². The third kappa shape index (κ3) is 5.81. The SMILES string of the molecule is CN(C(=O)CC(c1ccccc1)N(O[Si](C)(C)C)c1ccccc1)c1ccccc1. The molecule has 0 aliphatic heterocycles. The molecule has 5 heteroatoms. The summed E-state index contributed by atoms with van der Waals surface area (Å²) < 4.78 is 6.53. The molecule has 0 saturated heterocycles. The summed E-state index contributed by atoms with van der Waals surface area (Å²) in [5.41, 5.74) is 2.88. The van der Waals surface area contributed by atoms with Gasteiger partial charge in [-0.25, -0.2) is 0 Å². The molecule has 3 rings (SSSR count). The van der Waals surface area contributed by atoms with Crippen molar-refractivity contribution in [3.8, 4) is 0 Å². The molecule has 0 aliphatic carbocycles. The topological polar surface area (TPSA) is 32.8 Å². The summed E-state index contributed by atoms with van der Waals surface area (Å²) in [4.78, 5) is 15.0. The molecule has 4 nitrogen and oxygen atoms in total. The number of anilines is 2. The molecule has 3 aromatic rings. The molecular formula is C25H30N2O2Si. The van der Waals surface area contributed by atoms with Crippen LogP contribution < -0.4 is 9.96 Å². The van der Waals surface area contributed by atoms with Crippen LogP contribution in [0.5, 0.6) is 0 Å². The first-order valence-electron chi connectivity index (χ1n) is 10.2. The van der Waals surface area contributed by atoms with Gasteiger partial charge in [0.05, 0.1) is 18.2 Å². The van der Waals surface area contributed by atoms with Crippen molar-refractivity contribution in [3.05, 3.63) is 96.6 Å². The van der Waals surface area contributed by atoms with E-state index in [-0.39, 0.29) is 11.9 Å². The highest BCUT2D eigenvalue weighted by Crippen LogP contribution is 2.33. The van der Waals surface area contributed by atoms with Crippen molar-refractivity contribution in [2.75, 3.05) is 17.0 Å². The first-order chi connectivity index (χ1) is 14.3. The Bertz CT molecular complexity index is 928. The summed E-state index contributed by atoms with van der Waals surface area (Å²) in [6.45, 7) is 6.47. The van der Waals surface area contributed by atoms with E-state index >= 15 is 0 Å². The molecule has 0 spiro atoms. The lowest BCUT2D eigenvalue weighted by Crippen LogP contribution is -2.42. The molecule has 1 unspecified atom stereocenters. The Hall–Kier alpha value is -2.89. The fourth-order valence-corrected chi connectivity index (χ4v) is 4.10. The molecule has 1 amide bonds. The Kier molecular flexibility index (Phi) is 7.08. The first kappa shape index (κ1) is 21.8. The number of carbonyl (C=O) groups excluding carboxylic acids is 1. The maximum absolute atomic E-state index is 13.3. The van der Waals surface area contributed by atoms with Crippen molar-refractivity contribution < 1.29 is 9.32 Å².